The monoisotopic (exact) mass is 275 g/mol. The van der Waals surface area contributed by atoms with Crippen molar-refractivity contribution in [3.05, 3.63) is 47.2 Å². The van der Waals surface area contributed by atoms with Crippen LogP contribution in [0.1, 0.15) is 23.4 Å². The second kappa shape index (κ2) is 5.10. The van der Waals surface area contributed by atoms with Gasteiger partial charge in [-0.05, 0) is 43.0 Å². The maximum Gasteiger partial charge on any atom is 0.287 e. The van der Waals surface area contributed by atoms with Crippen molar-refractivity contribution in [2.45, 2.75) is 12.8 Å². The van der Waals surface area contributed by atoms with Crippen LogP contribution in [0, 0.1) is 5.92 Å². The van der Waals surface area contributed by atoms with E-state index in [4.69, 9.17) is 16.0 Å². The molecule has 4 heteroatoms. The average Bonchev–Trinajstić information content (AvgIpc) is 3.12. The highest BCUT2D eigenvalue weighted by Gasteiger charge is 2.22. The first-order chi connectivity index (χ1) is 9.24. The number of benzene rings is 1. The Morgan fingerprint density at radius 3 is 2.79 bits per heavy atom. The van der Waals surface area contributed by atoms with E-state index in [2.05, 4.69) is 5.32 Å². The first-order valence-electron chi connectivity index (χ1n) is 6.37. The lowest BCUT2D eigenvalue weighted by Gasteiger charge is -2.01. The van der Waals surface area contributed by atoms with Crippen LogP contribution >= 0.6 is 11.6 Å². The van der Waals surface area contributed by atoms with Gasteiger partial charge in [-0.15, -0.1) is 0 Å². The number of rotatable bonds is 4. The summed E-state index contributed by atoms with van der Waals surface area (Å²) in [5, 5.41) is 3.49. The number of furan rings is 1. The van der Waals surface area contributed by atoms with Crippen molar-refractivity contribution in [3.63, 3.8) is 0 Å². The minimum Gasteiger partial charge on any atom is -0.451 e. The van der Waals surface area contributed by atoms with E-state index in [1.807, 2.05) is 18.2 Å². The lowest BCUT2D eigenvalue weighted by atomic mass is 10.2. The highest BCUT2D eigenvalue weighted by molar-refractivity contribution is 6.33. The number of carbonyl (C=O) groups excluding carboxylic acids is 1. The third-order valence-electron chi connectivity index (χ3n) is 3.22. The van der Waals surface area contributed by atoms with Gasteiger partial charge in [-0.25, -0.2) is 0 Å². The van der Waals surface area contributed by atoms with E-state index in [-0.39, 0.29) is 5.91 Å². The minimum absolute atomic E-state index is 0.162. The van der Waals surface area contributed by atoms with Gasteiger partial charge in [0.1, 0.15) is 5.76 Å². The molecule has 1 heterocycles. The van der Waals surface area contributed by atoms with E-state index in [1.54, 1.807) is 18.2 Å². The molecule has 1 aromatic carbocycles. The molecule has 0 bridgehead atoms. The van der Waals surface area contributed by atoms with E-state index >= 15 is 0 Å². The Balaban J connectivity index is 1.75. The van der Waals surface area contributed by atoms with Crippen molar-refractivity contribution in [2.24, 2.45) is 5.92 Å². The Morgan fingerprint density at radius 2 is 2.05 bits per heavy atom. The molecule has 0 atom stereocenters. The van der Waals surface area contributed by atoms with Crippen LogP contribution in [-0.4, -0.2) is 12.5 Å². The summed E-state index contributed by atoms with van der Waals surface area (Å²) in [4.78, 5) is 11.9. The molecule has 0 unspecified atom stereocenters. The Labute approximate surface area is 116 Å². The maximum absolute atomic E-state index is 11.9. The van der Waals surface area contributed by atoms with Crippen molar-refractivity contribution in [1.29, 1.82) is 0 Å². The predicted octanol–water partition coefficient (Wildman–Crippen LogP) is 3.74. The summed E-state index contributed by atoms with van der Waals surface area (Å²) < 4.78 is 5.57. The largest absolute Gasteiger partial charge is 0.451 e. The molecule has 1 aliphatic rings. The van der Waals surface area contributed by atoms with Crippen LogP contribution in [0.4, 0.5) is 0 Å². The van der Waals surface area contributed by atoms with E-state index < -0.39 is 0 Å². The summed E-state index contributed by atoms with van der Waals surface area (Å²) in [6, 6.07) is 10.9. The van der Waals surface area contributed by atoms with Gasteiger partial charge in [-0.3, -0.25) is 4.79 Å². The normalized spacial score (nSPS) is 14.4. The molecular weight excluding hydrogens is 262 g/mol. The van der Waals surface area contributed by atoms with E-state index in [0.717, 1.165) is 12.1 Å². The lowest BCUT2D eigenvalue weighted by molar-refractivity contribution is 0.0925. The highest BCUT2D eigenvalue weighted by atomic mass is 35.5. The average molecular weight is 276 g/mol. The summed E-state index contributed by atoms with van der Waals surface area (Å²) in [6.45, 7) is 0.737. The topological polar surface area (TPSA) is 42.2 Å². The van der Waals surface area contributed by atoms with Gasteiger partial charge >= 0.3 is 0 Å². The molecule has 1 N–H and O–H groups in total. The fourth-order valence-electron chi connectivity index (χ4n) is 1.91. The third kappa shape index (κ3) is 2.82. The summed E-state index contributed by atoms with van der Waals surface area (Å²) in [6.07, 6.45) is 2.42. The Morgan fingerprint density at radius 1 is 1.26 bits per heavy atom. The molecule has 1 amide bonds. The summed E-state index contributed by atoms with van der Waals surface area (Å²) in [5.41, 5.74) is 0.797. The molecule has 0 saturated heterocycles. The quantitative estimate of drug-likeness (QED) is 0.924. The van der Waals surface area contributed by atoms with Gasteiger partial charge in [0, 0.05) is 12.1 Å². The van der Waals surface area contributed by atoms with Crippen molar-refractivity contribution in [3.8, 4) is 11.3 Å². The predicted molar refractivity (Wildman–Crippen MR) is 74.2 cm³/mol. The zero-order valence-electron chi connectivity index (χ0n) is 10.4. The number of nitrogens with one attached hydrogen (secondary N) is 1. The Bertz CT molecular complexity index is 602. The van der Waals surface area contributed by atoms with Crippen LogP contribution in [0.3, 0.4) is 0 Å². The molecular formula is C15H14ClNO2. The van der Waals surface area contributed by atoms with Gasteiger partial charge in [0.25, 0.3) is 5.91 Å². The van der Waals surface area contributed by atoms with Crippen LogP contribution in [0.15, 0.2) is 40.8 Å². The summed E-state index contributed by atoms with van der Waals surface area (Å²) in [5.74, 6) is 1.44. The van der Waals surface area contributed by atoms with Crippen LogP contribution in [0.25, 0.3) is 11.3 Å². The van der Waals surface area contributed by atoms with E-state index in [9.17, 15) is 4.79 Å². The standard InChI is InChI=1S/C15H14ClNO2/c16-12-4-2-1-3-11(12)13-7-8-14(19-13)15(18)17-9-10-5-6-10/h1-4,7-8,10H,5-6,9H2,(H,17,18). The van der Waals surface area contributed by atoms with Gasteiger partial charge in [0.15, 0.2) is 5.76 Å². The smallest absolute Gasteiger partial charge is 0.287 e. The molecule has 1 saturated carbocycles. The zero-order valence-corrected chi connectivity index (χ0v) is 11.1. The first-order valence-corrected chi connectivity index (χ1v) is 6.75. The lowest BCUT2D eigenvalue weighted by Crippen LogP contribution is -2.24. The van der Waals surface area contributed by atoms with Crippen LogP contribution in [-0.2, 0) is 0 Å². The van der Waals surface area contributed by atoms with Crippen LogP contribution in [0.5, 0.6) is 0 Å². The number of halogens is 1. The maximum atomic E-state index is 11.9. The van der Waals surface area contributed by atoms with Gasteiger partial charge in [0.2, 0.25) is 0 Å². The van der Waals surface area contributed by atoms with Crippen molar-refractivity contribution in [1.82, 2.24) is 5.32 Å². The number of hydrogen-bond acceptors (Lipinski definition) is 2. The number of hydrogen-bond donors (Lipinski definition) is 1. The Hall–Kier alpha value is -1.74. The second-order valence-corrected chi connectivity index (χ2v) is 5.20. The van der Waals surface area contributed by atoms with Crippen LogP contribution in [0.2, 0.25) is 5.02 Å². The molecule has 3 nitrogen and oxygen atoms in total. The first kappa shape index (κ1) is 12.3. The second-order valence-electron chi connectivity index (χ2n) is 4.80. The Kier molecular flexibility index (Phi) is 3.30. The van der Waals surface area contributed by atoms with Gasteiger partial charge in [0.05, 0.1) is 5.02 Å². The molecule has 19 heavy (non-hydrogen) atoms. The fourth-order valence-corrected chi connectivity index (χ4v) is 2.14. The van der Waals surface area contributed by atoms with Gasteiger partial charge < -0.3 is 9.73 Å². The van der Waals surface area contributed by atoms with Crippen molar-refractivity contribution >= 4 is 17.5 Å². The molecule has 0 radical (unpaired) electrons. The molecule has 2 aromatic rings. The van der Waals surface area contributed by atoms with E-state index in [1.165, 1.54) is 12.8 Å². The minimum atomic E-state index is -0.162. The van der Waals surface area contributed by atoms with Crippen LogP contribution < -0.4 is 5.32 Å². The van der Waals surface area contributed by atoms with Crippen molar-refractivity contribution in [2.75, 3.05) is 6.54 Å². The molecule has 98 valence electrons. The van der Waals surface area contributed by atoms with E-state index in [0.29, 0.717) is 22.5 Å². The van der Waals surface area contributed by atoms with Crippen molar-refractivity contribution < 1.29 is 9.21 Å². The highest BCUT2D eigenvalue weighted by Crippen LogP contribution is 2.29. The third-order valence-corrected chi connectivity index (χ3v) is 3.55. The molecule has 3 rings (SSSR count). The zero-order chi connectivity index (χ0) is 13.2. The molecule has 1 aromatic heterocycles. The molecule has 1 aliphatic carbocycles. The number of carbonyl (C=O) groups is 1. The number of amides is 1. The molecule has 0 spiro atoms. The van der Waals surface area contributed by atoms with Gasteiger partial charge in [-0.2, -0.15) is 0 Å². The van der Waals surface area contributed by atoms with Gasteiger partial charge in [-0.1, -0.05) is 23.7 Å². The SMILES string of the molecule is O=C(NCC1CC1)c1ccc(-c2ccccc2Cl)o1. The summed E-state index contributed by atoms with van der Waals surface area (Å²) in [7, 11) is 0. The molecule has 0 aliphatic heterocycles. The summed E-state index contributed by atoms with van der Waals surface area (Å²) >= 11 is 6.10. The fraction of sp³-hybridized carbons (Fsp3) is 0.267. The molecule has 1 fully saturated rings.